The highest BCUT2D eigenvalue weighted by molar-refractivity contribution is 9.13. The van der Waals surface area contributed by atoms with E-state index in [0.29, 0.717) is 8.95 Å². The van der Waals surface area contributed by atoms with E-state index in [9.17, 15) is 13.2 Å². The van der Waals surface area contributed by atoms with Gasteiger partial charge >= 0.3 is 6.18 Å². The van der Waals surface area contributed by atoms with Gasteiger partial charge in [-0.15, -0.1) is 12.4 Å². The van der Waals surface area contributed by atoms with Gasteiger partial charge in [-0.1, -0.05) is 6.07 Å². The summed E-state index contributed by atoms with van der Waals surface area (Å²) in [5.41, 5.74) is 5.06. The molecule has 0 saturated heterocycles. The fourth-order valence-electron chi connectivity index (χ4n) is 0.895. The average molecular weight is 369 g/mol. The number of halogens is 6. The zero-order valence-corrected chi connectivity index (χ0v) is 11.2. The van der Waals surface area contributed by atoms with Crippen LogP contribution in [0, 0.1) is 0 Å². The van der Waals surface area contributed by atoms with Gasteiger partial charge in [-0.3, -0.25) is 0 Å². The summed E-state index contributed by atoms with van der Waals surface area (Å²) >= 11 is 6.27. The highest BCUT2D eigenvalue weighted by Crippen LogP contribution is 2.33. The Balaban J connectivity index is 0.00000196. The van der Waals surface area contributed by atoms with Gasteiger partial charge < -0.3 is 5.73 Å². The van der Waals surface area contributed by atoms with Crippen molar-refractivity contribution in [1.29, 1.82) is 0 Å². The molecular weight excluding hydrogens is 362 g/mol. The van der Waals surface area contributed by atoms with Crippen molar-refractivity contribution in [2.75, 3.05) is 0 Å². The second-order valence-corrected chi connectivity index (χ2v) is 4.40. The van der Waals surface area contributed by atoms with Gasteiger partial charge in [0.05, 0.1) is 0 Å². The van der Waals surface area contributed by atoms with Crippen LogP contribution in [0.2, 0.25) is 0 Å². The minimum atomic E-state index is -4.41. The van der Waals surface area contributed by atoms with Crippen LogP contribution in [0.3, 0.4) is 0 Å². The molecule has 0 saturated carbocycles. The lowest BCUT2D eigenvalue weighted by Crippen LogP contribution is -2.28. The van der Waals surface area contributed by atoms with Gasteiger partial charge in [-0.25, -0.2) is 0 Å². The molecule has 2 N–H and O–H groups in total. The minimum absolute atomic E-state index is 0. The zero-order valence-electron chi connectivity index (χ0n) is 7.18. The molecule has 0 aliphatic carbocycles. The summed E-state index contributed by atoms with van der Waals surface area (Å²) in [6, 6.07) is 2.27. The van der Waals surface area contributed by atoms with E-state index in [1.54, 1.807) is 0 Å². The molecule has 15 heavy (non-hydrogen) atoms. The zero-order chi connectivity index (χ0) is 10.9. The monoisotopic (exact) mass is 367 g/mol. The van der Waals surface area contributed by atoms with Gasteiger partial charge in [0.25, 0.3) is 0 Å². The Morgan fingerprint density at radius 1 is 1.13 bits per heavy atom. The van der Waals surface area contributed by atoms with E-state index in [-0.39, 0.29) is 18.0 Å². The van der Waals surface area contributed by atoms with Crippen LogP contribution < -0.4 is 5.73 Å². The first-order valence-electron chi connectivity index (χ1n) is 3.59. The first-order chi connectivity index (χ1) is 6.32. The van der Waals surface area contributed by atoms with Gasteiger partial charge in [0.1, 0.15) is 6.04 Å². The van der Waals surface area contributed by atoms with Crippen LogP contribution >= 0.6 is 44.3 Å². The number of rotatable bonds is 1. The van der Waals surface area contributed by atoms with Crippen LogP contribution in [-0.2, 0) is 0 Å². The van der Waals surface area contributed by atoms with E-state index in [0.717, 1.165) is 0 Å². The van der Waals surface area contributed by atoms with Gasteiger partial charge in [0, 0.05) is 8.95 Å². The maximum atomic E-state index is 12.2. The lowest BCUT2D eigenvalue weighted by atomic mass is 10.1. The van der Waals surface area contributed by atoms with Gasteiger partial charge in [0.2, 0.25) is 0 Å². The molecule has 0 heterocycles. The number of benzene rings is 1. The van der Waals surface area contributed by atoms with Crippen molar-refractivity contribution in [2.45, 2.75) is 12.2 Å². The molecule has 0 amide bonds. The summed E-state index contributed by atoms with van der Waals surface area (Å²) in [4.78, 5) is 0. The smallest absolute Gasteiger partial charge is 0.316 e. The molecule has 1 aromatic carbocycles. The van der Waals surface area contributed by atoms with E-state index in [4.69, 9.17) is 5.73 Å². The third kappa shape index (κ3) is 3.94. The largest absolute Gasteiger partial charge is 0.407 e. The number of nitrogens with two attached hydrogens (primary N) is 1. The number of hydrogen-bond donors (Lipinski definition) is 1. The predicted molar refractivity (Wildman–Crippen MR) is 62.1 cm³/mol. The number of alkyl halides is 3. The Hall–Kier alpha value is 0.220. The predicted octanol–water partition coefficient (Wildman–Crippen LogP) is 4.20. The molecule has 1 aromatic rings. The normalized spacial score (nSPS) is 13.2. The Labute approximate surface area is 108 Å². The summed E-state index contributed by atoms with van der Waals surface area (Å²) in [5.74, 6) is 0. The van der Waals surface area contributed by atoms with E-state index in [2.05, 4.69) is 31.9 Å². The summed E-state index contributed by atoms with van der Waals surface area (Å²) < 4.78 is 37.9. The average Bonchev–Trinajstić information content (AvgIpc) is 2.07. The van der Waals surface area contributed by atoms with Gasteiger partial charge in [-0.05, 0) is 49.6 Å². The standard InChI is InChI=1S/C8H6Br2F3N.ClH/c9-5-2-1-4(3-6(5)10)7(14)8(11,12)13;/h1-3,7H,14H2;1H/t7-;/m0./s1. The van der Waals surface area contributed by atoms with Crippen LogP contribution in [-0.4, -0.2) is 6.18 Å². The quantitative estimate of drug-likeness (QED) is 0.789. The van der Waals surface area contributed by atoms with Crippen LogP contribution in [0.5, 0.6) is 0 Å². The Morgan fingerprint density at radius 3 is 2.07 bits per heavy atom. The Bertz CT molecular complexity index is 343. The molecule has 86 valence electrons. The fraction of sp³-hybridized carbons (Fsp3) is 0.250. The molecule has 0 radical (unpaired) electrons. The van der Waals surface area contributed by atoms with Gasteiger partial charge in [0.15, 0.2) is 0 Å². The van der Waals surface area contributed by atoms with E-state index >= 15 is 0 Å². The van der Waals surface area contributed by atoms with Crippen LogP contribution in [0.1, 0.15) is 11.6 Å². The van der Waals surface area contributed by atoms with E-state index < -0.39 is 12.2 Å². The van der Waals surface area contributed by atoms with Crippen LogP contribution in [0.4, 0.5) is 13.2 Å². The van der Waals surface area contributed by atoms with Crippen molar-refractivity contribution < 1.29 is 13.2 Å². The van der Waals surface area contributed by atoms with Crippen molar-refractivity contribution in [3.8, 4) is 0 Å². The first-order valence-corrected chi connectivity index (χ1v) is 5.18. The molecule has 0 aliphatic heterocycles. The second kappa shape index (κ2) is 5.52. The summed E-state index contributed by atoms with van der Waals surface area (Å²) in [5, 5.41) is 0. The summed E-state index contributed by atoms with van der Waals surface area (Å²) in [6.45, 7) is 0. The van der Waals surface area contributed by atoms with Gasteiger partial charge in [-0.2, -0.15) is 13.2 Å². The Kier molecular flexibility index (Phi) is 5.60. The SMILES string of the molecule is Cl.N[C@@H](c1ccc(Br)c(Br)c1)C(F)(F)F. The van der Waals surface area contributed by atoms with Crippen molar-refractivity contribution in [1.82, 2.24) is 0 Å². The molecule has 0 fully saturated rings. The second-order valence-electron chi connectivity index (χ2n) is 2.69. The van der Waals surface area contributed by atoms with Crippen LogP contribution in [0.15, 0.2) is 27.1 Å². The Morgan fingerprint density at radius 2 is 1.67 bits per heavy atom. The molecule has 1 rings (SSSR count). The molecule has 1 atom stereocenters. The molecule has 0 aromatic heterocycles. The van der Waals surface area contributed by atoms with Crippen molar-refractivity contribution in [3.63, 3.8) is 0 Å². The molecular formula is C8H7Br2ClF3N. The third-order valence-electron chi connectivity index (χ3n) is 1.66. The van der Waals surface area contributed by atoms with E-state index in [1.807, 2.05) is 0 Å². The number of hydrogen-bond acceptors (Lipinski definition) is 1. The topological polar surface area (TPSA) is 26.0 Å². The maximum absolute atomic E-state index is 12.2. The highest BCUT2D eigenvalue weighted by Gasteiger charge is 2.37. The lowest BCUT2D eigenvalue weighted by molar-refractivity contribution is -0.149. The van der Waals surface area contributed by atoms with Crippen molar-refractivity contribution in [2.24, 2.45) is 5.73 Å². The molecule has 0 unspecified atom stereocenters. The van der Waals surface area contributed by atoms with E-state index in [1.165, 1.54) is 18.2 Å². The minimum Gasteiger partial charge on any atom is -0.316 e. The molecule has 7 heteroatoms. The molecule has 1 nitrogen and oxygen atoms in total. The summed E-state index contributed by atoms with van der Waals surface area (Å²) in [6.07, 6.45) is -4.41. The first kappa shape index (κ1) is 15.2. The van der Waals surface area contributed by atoms with Crippen LogP contribution in [0.25, 0.3) is 0 Å². The van der Waals surface area contributed by atoms with Crippen molar-refractivity contribution in [3.05, 3.63) is 32.7 Å². The highest BCUT2D eigenvalue weighted by atomic mass is 79.9. The maximum Gasteiger partial charge on any atom is 0.407 e. The molecule has 0 spiro atoms. The lowest BCUT2D eigenvalue weighted by Gasteiger charge is -2.16. The van der Waals surface area contributed by atoms with Crippen molar-refractivity contribution >= 4 is 44.3 Å². The third-order valence-corrected chi connectivity index (χ3v) is 3.54. The molecule has 0 aliphatic rings. The fourth-order valence-corrected chi connectivity index (χ4v) is 1.54. The molecule has 0 bridgehead atoms. The summed E-state index contributed by atoms with van der Waals surface area (Å²) in [7, 11) is 0.